The van der Waals surface area contributed by atoms with E-state index in [9.17, 15) is 9.90 Å². The van der Waals surface area contributed by atoms with E-state index in [0.29, 0.717) is 5.11 Å². The zero-order valence-corrected chi connectivity index (χ0v) is 23.3. The molecule has 2 aliphatic heterocycles. The van der Waals surface area contributed by atoms with Gasteiger partial charge in [0.2, 0.25) is 0 Å². The number of aromatic nitrogens is 2. The van der Waals surface area contributed by atoms with Crippen molar-refractivity contribution < 1.29 is 14.6 Å². The number of morpholine rings is 1. The lowest BCUT2D eigenvalue weighted by Crippen LogP contribution is -2.36. The Labute approximate surface area is 238 Å². The molecule has 9 heteroatoms. The minimum absolute atomic E-state index is 0.144. The number of ether oxygens (including phenoxy) is 1. The minimum Gasteiger partial charge on any atom is -0.478 e. The molecule has 2 aromatic carbocycles. The maximum absolute atomic E-state index is 11.4. The van der Waals surface area contributed by atoms with Crippen molar-refractivity contribution >= 4 is 34.7 Å². The lowest BCUT2D eigenvalue weighted by molar-refractivity contribution is 0.0697. The first-order chi connectivity index (χ1) is 19.4. The SMILES string of the molecule is Cc1cc([C@H]2[C@H](c3ccccn3)NC(=S)N2c2ccc(N3CCOCC3)cc2)c(C)n1-c1ccc(C(=O)O)cc1. The number of carbonyl (C=O) groups is 1. The summed E-state index contributed by atoms with van der Waals surface area (Å²) in [5.74, 6) is -0.938. The Morgan fingerprint density at radius 2 is 1.65 bits per heavy atom. The van der Waals surface area contributed by atoms with E-state index >= 15 is 0 Å². The van der Waals surface area contributed by atoms with Gasteiger partial charge in [0.1, 0.15) is 0 Å². The molecule has 4 aromatic rings. The molecule has 2 N–H and O–H groups in total. The normalized spacial score (nSPS) is 19.1. The average Bonchev–Trinajstić information content (AvgIpc) is 3.48. The number of thiocarbonyl (C=S) groups is 1. The second kappa shape index (κ2) is 10.7. The van der Waals surface area contributed by atoms with Gasteiger partial charge in [0, 0.05) is 47.7 Å². The quantitative estimate of drug-likeness (QED) is 0.315. The fraction of sp³-hybridized carbons (Fsp3) is 0.258. The van der Waals surface area contributed by atoms with Gasteiger partial charge in [0.15, 0.2) is 5.11 Å². The predicted octanol–water partition coefficient (Wildman–Crippen LogP) is 5.20. The molecule has 0 aliphatic carbocycles. The highest BCUT2D eigenvalue weighted by molar-refractivity contribution is 7.80. The van der Waals surface area contributed by atoms with Crippen molar-refractivity contribution in [3.8, 4) is 5.69 Å². The molecule has 0 radical (unpaired) electrons. The number of aromatic carboxylic acids is 1. The number of carboxylic acids is 1. The van der Waals surface area contributed by atoms with Crippen LogP contribution in [-0.4, -0.2) is 52.0 Å². The van der Waals surface area contributed by atoms with Crippen molar-refractivity contribution in [3.63, 3.8) is 0 Å². The van der Waals surface area contributed by atoms with Crippen molar-refractivity contribution in [3.05, 3.63) is 107 Å². The molecule has 40 heavy (non-hydrogen) atoms. The maximum Gasteiger partial charge on any atom is 0.335 e. The van der Waals surface area contributed by atoms with Crippen molar-refractivity contribution in [2.75, 3.05) is 36.1 Å². The topological polar surface area (TPSA) is 82.9 Å². The lowest BCUT2D eigenvalue weighted by atomic mass is 9.96. The van der Waals surface area contributed by atoms with E-state index in [1.54, 1.807) is 12.1 Å². The number of nitrogens with one attached hydrogen (secondary N) is 1. The van der Waals surface area contributed by atoms with E-state index in [1.807, 2.05) is 36.5 Å². The Morgan fingerprint density at radius 3 is 2.30 bits per heavy atom. The highest BCUT2D eigenvalue weighted by atomic mass is 32.1. The highest BCUT2D eigenvalue weighted by Crippen LogP contribution is 2.44. The number of hydrogen-bond acceptors (Lipinski definition) is 5. The zero-order chi connectivity index (χ0) is 27.8. The maximum atomic E-state index is 11.4. The molecule has 204 valence electrons. The molecular formula is C31H31N5O3S. The number of rotatable bonds is 6. The molecule has 8 nitrogen and oxygen atoms in total. The van der Waals surface area contributed by atoms with Gasteiger partial charge in [-0.2, -0.15) is 0 Å². The largest absolute Gasteiger partial charge is 0.478 e. The molecule has 4 heterocycles. The summed E-state index contributed by atoms with van der Waals surface area (Å²) in [6.07, 6.45) is 1.81. The summed E-state index contributed by atoms with van der Waals surface area (Å²) in [4.78, 5) is 20.6. The molecule has 2 fully saturated rings. The van der Waals surface area contributed by atoms with E-state index in [-0.39, 0.29) is 17.6 Å². The van der Waals surface area contributed by atoms with Gasteiger partial charge in [-0.25, -0.2) is 4.79 Å². The Morgan fingerprint density at radius 1 is 0.975 bits per heavy atom. The summed E-state index contributed by atoms with van der Waals surface area (Å²) in [6, 6.07) is 23.4. The van der Waals surface area contributed by atoms with E-state index < -0.39 is 5.97 Å². The Kier molecular flexibility index (Phi) is 7.00. The number of aryl methyl sites for hydroxylation is 1. The molecule has 0 bridgehead atoms. The minimum atomic E-state index is -0.938. The number of carboxylic acid groups (broad SMARTS) is 1. The molecule has 0 spiro atoms. The molecule has 0 unspecified atom stereocenters. The van der Waals surface area contributed by atoms with E-state index in [2.05, 4.69) is 68.8 Å². The summed E-state index contributed by atoms with van der Waals surface area (Å²) in [6.45, 7) is 7.41. The monoisotopic (exact) mass is 553 g/mol. The van der Waals surface area contributed by atoms with Crippen molar-refractivity contribution in [1.82, 2.24) is 14.9 Å². The van der Waals surface area contributed by atoms with E-state index in [4.69, 9.17) is 17.0 Å². The Hall–Kier alpha value is -4.21. The van der Waals surface area contributed by atoms with Gasteiger partial charge in [-0.05, 0) is 98.4 Å². The molecule has 2 aromatic heterocycles. The van der Waals surface area contributed by atoms with E-state index in [0.717, 1.165) is 60.3 Å². The molecule has 0 amide bonds. The first-order valence-corrected chi connectivity index (χ1v) is 13.8. The summed E-state index contributed by atoms with van der Waals surface area (Å²) in [5.41, 5.74) is 7.51. The number of hydrogen-bond donors (Lipinski definition) is 2. The second-order valence-corrected chi connectivity index (χ2v) is 10.5. The molecule has 6 rings (SSSR count). The first kappa shape index (κ1) is 26.0. The second-order valence-electron chi connectivity index (χ2n) is 10.1. The number of anilines is 2. The van der Waals surface area contributed by atoms with Gasteiger partial charge in [-0.1, -0.05) is 6.07 Å². The van der Waals surface area contributed by atoms with Crippen LogP contribution in [0.15, 0.2) is 79.0 Å². The zero-order valence-electron chi connectivity index (χ0n) is 22.4. The first-order valence-electron chi connectivity index (χ1n) is 13.4. The fourth-order valence-corrected chi connectivity index (χ4v) is 6.18. The summed E-state index contributed by atoms with van der Waals surface area (Å²) in [7, 11) is 0. The Bertz CT molecular complexity index is 1530. The summed E-state index contributed by atoms with van der Waals surface area (Å²) in [5, 5.41) is 13.6. The van der Waals surface area contributed by atoms with Gasteiger partial charge in [-0.3, -0.25) is 4.98 Å². The van der Waals surface area contributed by atoms with Crippen molar-refractivity contribution in [1.29, 1.82) is 0 Å². The number of benzene rings is 2. The van der Waals surface area contributed by atoms with Crippen LogP contribution < -0.4 is 15.1 Å². The molecule has 0 saturated carbocycles. The van der Waals surface area contributed by atoms with Crippen molar-refractivity contribution in [2.45, 2.75) is 25.9 Å². The lowest BCUT2D eigenvalue weighted by Gasteiger charge is -2.31. The van der Waals surface area contributed by atoms with Crippen LogP contribution in [0.5, 0.6) is 0 Å². The van der Waals surface area contributed by atoms with Crippen LogP contribution in [-0.2, 0) is 4.74 Å². The van der Waals surface area contributed by atoms with Gasteiger partial charge in [0.25, 0.3) is 0 Å². The third-order valence-corrected chi connectivity index (χ3v) is 8.08. The number of pyridine rings is 1. The molecular weight excluding hydrogens is 522 g/mol. The van der Waals surface area contributed by atoms with Crippen LogP contribution >= 0.6 is 12.2 Å². The standard InChI is InChI=1S/C31H31N5O3S/c1-20-19-26(21(2)35(20)24-8-6-22(7-9-24)30(37)38)29-28(27-5-3-4-14-32-27)33-31(40)36(29)25-12-10-23(11-13-25)34-15-17-39-18-16-34/h3-14,19,28-29H,15-18H2,1-2H3,(H,33,40)(H,37,38)/t28-,29-/m0/s1. The van der Waals surface area contributed by atoms with Crippen LogP contribution in [0.4, 0.5) is 11.4 Å². The third kappa shape index (κ3) is 4.71. The smallest absolute Gasteiger partial charge is 0.335 e. The highest BCUT2D eigenvalue weighted by Gasteiger charge is 2.42. The van der Waals surface area contributed by atoms with Crippen LogP contribution in [0, 0.1) is 13.8 Å². The van der Waals surface area contributed by atoms with Crippen LogP contribution in [0.1, 0.15) is 45.1 Å². The van der Waals surface area contributed by atoms with Gasteiger partial charge in [-0.15, -0.1) is 0 Å². The average molecular weight is 554 g/mol. The van der Waals surface area contributed by atoms with Gasteiger partial charge >= 0.3 is 5.97 Å². The van der Waals surface area contributed by atoms with Crippen molar-refractivity contribution in [2.24, 2.45) is 0 Å². The van der Waals surface area contributed by atoms with Gasteiger partial charge in [0.05, 0.1) is 36.6 Å². The molecule has 2 aliphatic rings. The van der Waals surface area contributed by atoms with E-state index in [1.165, 1.54) is 5.69 Å². The van der Waals surface area contributed by atoms with Gasteiger partial charge < -0.3 is 29.5 Å². The van der Waals surface area contributed by atoms with Crippen LogP contribution in [0.25, 0.3) is 5.69 Å². The Balaban J connectivity index is 1.42. The predicted molar refractivity (Wildman–Crippen MR) is 160 cm³/mol. The molecule has 2 atom stereocenters. The number of nitrogens with zero attached hydrogens (tertiary/aromatic N) is 4. The summed E-state index contributed by atoms with van der Waals surface area (Å²) < 4.78 is 7.68. The van der Waals surface area contributed by atoms with Crippen LogP contribution in [0.3, 0.4) is 0 Å². The fourth-order valence-electron chi connectivity index (χ4n) is 5.83. The van der Waals surface area contributed by atoms with Crippen LogP contribution in [0.2, 0.25) is 0 Å². The molecule has 2 saturated heterocycles. The third-order valence-electron chi connectivity index (χ3n) is 7.76. The summed E-state index contributed by atoms with van der Waals surface area (Å²) >= 11 is 5.95.